The van der Waals surface area contributed by atoms with Crippen molar-refractivity contribution in [1.29, 1.82) is 0 Å². The van der Waals surface area contributed by atoms with Crippen LogP contribution in [0.3, 0.4) is 0 Å². The van der Waals surface area contributed by atoms with E-state index >= 15 is 0 Å². The van der Waals surface area contributed by atoms with Crippen molar-refractivity contribution in [3.8, 4) is 0 Å². The Kier molecular flexibility index (Phi) is 2.66. The molecule has 2 aromatic rings. The predicted molar refractivity (Wildman–Crippen MR) is 53.6 cm³/mol. The average Bonchev–Trinajstić information content (AvgIpc) is 2.24. The maximum Gasteiger partial charge on any atom is 0.354 e. The summed E-state index contributed by atoms with van der Waals surface area (Å²) in [6, 6.07) is 1.19. The number of nitrogens with zero attached hydrogens (tertiary/aromatic N) is 1. The van der Waals surface area contributed by atoms with Crippen LogP contribution in [-0.4, -0.2) is 16.1 Å². The Labute approximate surface area is 97.5 Å². The molecule has 1 N–H and O–H groups in total. The molecule has 1 aromatic heterocycles. The number of carboxylic acids is 1. The van der Waals surface area contributed by atoms with Crippen molar-refractivity contribution >= 4 is 28.5 Å². The monoisotopic (exact) mass is 261 g/mol. The first-order valence-corrected chi connectivity index (χ1v) is 4.66. The molecule has 3 nitrogen and oxygen atoms in total. The van der Waals surface area contributed by atoms with E-state index in [1.165, 1.54) is 0 Å². The van der Waals surface area contributed by atoms with Crippen LogP contribution in [0.5, 0.6) is 0 Å². The maximum absolute atomic E-state index is 13.3. The van der Waals surface area contributed by atoms with Gasteiger partial charge in [-0.15, -0.1) is 0 Å². The Hall–Kier alpha value is -1.82. The van der Waals surface area contributed by atoms with Gasteiger partial charge in [0, 0.05) is 6.07 Å². The van der Waals surface area contributed by atoms with Crippen molar-refractivity contribution in [3.05, 3.63) is 40.3 Å². The fourth-order valence-corrected chi connectivity index (χ4v) is 1.65. The molecule has 0 bridgehead atoms. The smallest absolute Gasteiger partial charge is 0.354 e. The van der Waals surface area contributed by atoms with E-state index in [1.54, 1.807) is 0 Å². The largest absolute Gasteiger partial charge is 0.477 e. The molecule has 0 aliphatic rings. The molecule has 0 saturated heterocycles. The maximum atomic E-state index is 13.3. The van der Waals surface area contributed by atoms with Gasteiger partial charge >= 0.3 is 5.97 Å². The molecule has 88 valence electrons. The van der Waals surface area contributed by atoms with E-state index in [2.05, 4.69) is 4.98 Å². The van der Waals surface area contributed by atoms with E-state index in [0.29, 0.717) is 6.07 Å². The number of pyridine rings is 1. The number of carboxylic acid groups (broad SMARTS) is 1. The van der Waals surface area contributed by atoms with E-state index in [0.717, 1.165) is 6.07 Å². The van der Waals surface area contributed by atoms with Gasteiger partial charge in [-0.2, -0.15) is 0 Å². The lowest BCUT2D eigenvalue weighted by atomic mass is 10.1. The zero-order chi connectivity index (χ0) is 12.7. The van der Waals surface area contributed by atoms with Crippen LogP contribution in [0.1, 0.15) is 10.5 Å². The van der Waals surface area contributed by atoms with Gasteiger partial charge in [0.25, 0.3) is 0 Å². The number of fused-ring (bicyclic) bond motifs is 1. The molecule has 1 heterocycles. The van der Waals surface area contributed by atoms with Gasteiger partial charge in [0.2, 0.25) is 0 Å². The van der Waals surface area contributed by atoms with Crippen LogP contribution in [0.15, 0.2) is 12.1 Å². The lowest BCUT2D eigenvalue weighted by molar-refractivity contribution is 0.0691. The SMILES string of the molecule is O=C(O)c1cc(Cl)c2c(F)cc(F)c(F)c2n1. The minimum atomic E-state index is -1.47. The Morgan fingerprint density at radius 1 is 1.24 bits per heavy atom. The molecule has 0 saturated carbocycles. The van der Waals surface area contributed by atoms with Gasteiger partial charge in [-0.3, -0.25) is 0 Å². The van der Waals surface area contributed by atoms with Gasteiger partial charge in [0.15, 0.2) is 17.3 Å². The molecule has 0 aliphatic carbocycles. The molecular weight excluding hydrogens is 259 g/mol. The summed E-state index contributed by atoms with van der Waals surface area (Å²) in [5, 5.41) is 7.87. The topological polar surface area (TPSA) is 50.2 Å². The van der Waals surface area contributed by atoms with Crippen molar-refractivity contribution in [2.24, 2.45) is 0 Å². The predicted octanol–water partition coefficient (Wildman–Crippen LogP) is 3.00. The Morgan fingerprint density at radius 2 is 1.88 bits per heavy atom. The molecule has 0 fully saturated rings. The fourth-order valence-electron chi connectivity index (χ4n) is 1.37. The summed E-state index contributed by atoms with van der Waals surface area (Å²) in [4.78, 5) is 14.0. The summed E-state index contributed by atoms with van der Waals surface area (Å²) in [6.07, 6.45) is 0. The summed E-state index contributed by atoms with van der Waals surface area (Å²) < 4.78 is 39.6. The minimum absolute atomic E-state index is 0.325. The van der Waals surface area contributed by atoms with Gasteiger partial charge in [-0.05, 0) is 6.07 Å². The second-order valence-electron chi connectivity index (χ2n) is 3.17. The average molecular weight is 262 g/mol. The van der Waals surface area contributed by atoms with Gasteiger partial charge in [-0.25, -0.2) is 22.9 Å². The third kappa shape index (κ3) is 1.80. The first kappa shape index (κ1) is 11.7. The van der Waals surface area contributed by atoms with Crippen molar-refractivity contribution in [2.45, 2.75) is 0 Å². The molecule has 2 rings (SSSR count). The van der Waals surface area contributed by atoms with Crippen LogP contribution < -0.4 is 0 Å². The highest BCUT2D eigenvalue weighted by molar-refractivity contribution is 6.35. The number of carbonyl (C=O) groups is 1. The molecule has 0 radical (unpaired) electrons. The molecule has 7 heteroatoms. The standard InChI is InChI=1S/C10H3ClF3NO2/c11-3-1-6(10(16)17)15-9-7(3)4(12)2-5(13)8(9)14/h1-2H,(H,16,17). The summed E-state index contributed by atoms with van der Waals surface area (Å²) in [5.41, 5.74) is -1.33. The van der Waals surface area contributed by atoms with Crippen molar-refractivity contribution in [2.75, 3.05) is 0 Å². The van der Waals surface area contributed by atoms with Crippen LogP contribution in [0.25, 0.3) is 10.9 Å². The van der Waals surface area contributed by atoms with Gasteiger partial charge in [0.05, 0.1) is 10.4 Å². The number of hydrogen-bond donors (Lipinski definition) is 1. The molecule has 17 heavy (non-hydrogen) atoms. The van der Waals surface area contributed by atoms with E-state index in [1.807, 2.05) is 0 Å². The normalized spacial score (nSPS) is 10.8. The minimum Gasteiger partial charge on any atom is -0.477 e. The van der Waals surface area contributed by atoms with Gasteiger partial charge < -0.3 is 5.11 Å². The third-order valence-corrected chi connectivity index (χ3v) is 2.40. The first-order valence-electron chi connectivity index (χ1n) is 4.29. The van der Waals surface area contributed by atoms with Crippen LogP contribution >= 0.6 is 11.6 Å². The molecule has 0 atom stereocenters. The second-order valence-corrected chi connectivity index (χ2v) is 3.58. The Morgan fingerprint density at radius 3 is 2.47 bits per heavy atom. The molecular formula is C10H3ClF3NO2. The summed E-state index contributed by atoms with van der Waals surface area (Å²) in [7, 11) is 0. The number of halogens is 4. The van der Waals surface area contributed by atoms with Crippen LogP contribution in [0, 0.1) is 17.5 Å². The quantitative estimate of drug-likeness (QED) is 0.803. The van der Waals surface area contributed by atoms with Crippen molar-refractivity contribution in [3.63, 3.8) is 0 Å². The number of rotatable bonds is 1. The lowest BCUT2D eigenvalue weighted by Gasteiger charge is -2.05. The van der Waals surface area contributed by atoms with Crippen LogP contribution in [0.2, 0.25) is 5.02 Å². The first-order chi connectivity index (χ1) is 7.91. The highest BCUT2D eigenvalue weighted by atomic mass is 35.5. The molecule has 1 aromatic carbocycles. The summed E-state index contributed by atoms with van der Waals surface area (Å²) >= 11 is 5.60. The number of hydrogen-bond acceptors (Lipinski definition) is 2. The van der Waals surface area contributed by atoms with E-state index in [4.69, 9.17) is 16.7 Å². The molecule has 0 amide bonds. The summed E-state index contributed by atoms with van der Waals surface area (Å²) in [6.45, 7) is 0. The van der Waals surface area contributed by atoms with Gasteiger partial charge in [0.1, 0.15) is 11.3 Å². The Balaban J connectivity index is 2.96. The van der Waals surface area contributed by atoms with Crippen molar-refractivity contribution < 1.29 is 23.1 Å². The summed E-state index contributed by atoms with van der Waals surface area (Å²) in [5.74, 6) is -5.47. The lowest BCUT2D eigenvalue weighted by Crippen LogP contribution is -2.03. The van der Waals surface area contributed by atoms with E-state index in [-0.39, 0.29) is 5.02 Å². The molecule has 0 aliphatic heterocycles. The highest BCUT2D eigenvalue weighted by Crippen LogP contribution is 2.29. The number of aromatic nitrogens is 1. The fraction of sp³-hybridized carbons (Fsp3) is 0. The second kappa shape index (κ2) is 3.89. The van der Waals surface area contributed by atoms with E-state index < -0.39 is 40.0 Å². The van der Waals surface area contributed by atoms with Crippen LogP contribution in [-0.2, 0) is 0 Å². The number of aromatic carboxylic acids is 1. The van der Waals surface area contributed by atoms with Crippen LogP contribution in [0.4, 0.5) is 13.2 Å². The highest BCUT2D eigenvalue weighted by Gasteiger charge is 2.19. The zero-order valence-corrected chi connectivity index (χ0v) is 8.73. The molecule has 0 unspecified atom stereocenters. The van der Waals surface area contributed by atoms with Crippen molar-refractivity contribution in [1.82, 2.24) is 4.98 Å². The zero-order valence-electron chi connectivity index (χ0n) is 7.97. The Bertz CT molecular complexity index is 645. The molecule has 0 spiro atoms. The number of benzene rings is 1. The third-order valence-electron chi connectivity index (χ3n) is 2.10. The van der Waals surface area contributed by atoms with Gasteiger partial charge in [-0.1, -0.05) is 11.6 Å². The van der Waals surface area contributed by atoms with E-state index in [9.17, 15) is 18.0 Å².